The number of aryl methyl sites for hydroxylation is 1. The molecule has 0 spiro atoms. The molecule has 2 fully saturated rings. The summed E-state index contributed by atoms with van der Waals surface area (Å²) in [5.41, 5.74) is 3.45. The number of hydrogen-bond acceptors (Lipinski definition) is 6. The van der Waals surface area contributed by atoms with Crippen LogP contribution in [0.25, 0.3) is 5.69 Å². The smallest absolute Gasteiger partial charge is 0.257 e. The summed E-state index contributed by atoms with van der Waals surface area (Å²) in [6.45, 7) is 6.78. The van der Waals surface area contributed by atoms with Crippen LogP contribution >= 0.6 is 0 Å². The molecular formula is C26H33N7O. The Balaban J connectivity index is 1.24. The highest BCUT2D eigenvalue weighted by molar-refractivity contribution is 5.95. The third-order valence-electron chi connectivity index (χ3n) is 6.91. The molecule has 8 nitrogen and oxygen atoms in total. The summed E-state index contributed by atoms with van der Waals surface area (Å²) >= 11 is 0. The highest BCUT2D eigenvalue weighted by Gasteiger charge is 2.26. The van der Waals surface area contributed by atoms with Gasteiger partial charge in [0.05, 0.1) is 23.1 Å². The maximum absolute atomic E-state index is 13.3. The Morgan fingerprint density at radius 3 is 2.44 bits per heavy atom. The van der Waals surface area contributed by atoms with Gasteiger partial charge in [0.2, 0.25) is 5.95 Å². The minimum absolute atomic E-state index is 0.0397. The van der Waals surface area contributed by atoms with Gasteiger partial charge in [-0.3, -0.25) is 4.79 Å². The summed E-state index contributed by atoms with van der Waals surface area (Å²) < 4.78 is 1.83. The molecule has 5 rings (SSSR count). The Kier molecular flexibility index (Phi) is 6.47. The SMILES string of the molecule is Cc1cc(N2CCN(C(=O)c3cnn(-c4ccccc4)c3C)CC2)nc(NC2CCCCC2)n1. The van der Waals surface area contributed by atoms with Crippen molar-refractivity contribution in [1.29, 1.82) is 0 Å². The van der Waals surface area contributed by atoms with E-state index in [0.717, 1.165) is 41.9 Å². The van der Waals surface area contributed by atoms with Gasteiger partial charge < -0.3 is 15.1 Å². The number of nitrogens with one attached hydrogen (secondary N) is 1. The van der Waals surface area contributed by atoms with Gasteiger partial charge in [-0.1, -0.05) is 37.5 Å². The Labute approximate surface area is 201 Å². The molecule has 1 aromatic carbocycles. The summed E-state index contributed by atoms with van der Waals surface area (Å²) in [5.74, 6) is 1.70. The Hall–Kier alpha value is -3.42. The third kappa shape index (κ3) is 4.76. The molecule has 1 N–H and O–H groups in total. The first-order valence-corrected chi connectivity index (χ1v) is 12.3. The normalized spacial score (nSPS) is 17.1. The first kappa shape index (κ1) is 22.4. The number of amides is 1. The van der Waals surface area contributed by atoms with Gasteiger partial charge >= 0.3 is 0 Å². The van der Waals surface area contributed by atoms with Gasteiger partial charge in [0, 0.05) is 44.0 Å². The number of anilines is 2. The van der Waals surface area contributed by atoms with Crippen LogP contribution in [-0.2, 0) is 0 Å². The van der Waals surface area contributed by atoms with E-state index in [1.165, 1.54) is 32.1 Å². The first-order chi connectivity index (χ1) is 16.6. The van der Waals surface area contributed by atoms with E-state index in [2.05, 4.69) is 20.3 Å². The van der Waals surface area contributed by atoms with Gasteiger partial charge in [-0.2, -0.15) is 10.1 Å². The second-order valence-corrected chi connectivity index (χ2v) is 9.34. The lowest BCUT2D eigenvalue weighted by atomic mass is 9.96. The van der Waals surface area contributed by atoms with E-state index >= 15 is 0 Å². The number of carbonyl (C=O) groups excluding carboxylic acids is 1. The van der Waals surface area contributed by atoms with Gasteiger partial charge in [-0.25, -0.2) is 9.67 Å². The lowest BCUT2D eigenvalue weighted by Gasteiger charge is -2.35. The van der Waals surface area contributed by atoms with Crippen molar-refractivity contribution in [3.63, 3.8) is 0 Å². The van der Waals surface area contributed by atoms with Crippen molar-refractivity contribution in [3.8, 4) is 5.69 Å². The van der Waals surface area contributed by atoms with E-state index in [9.17, 15) is 4.79 Å². The van der Waals surface area contributed by atoms with Crippen molar-refractivity contribution in [1.82, 2.24) is 24.6 Å². The fourth-order valence-corrected chi connectivity index (χ4v) is 4.97. The van der Waals surface area contributed by atoms with Crippen LogP contribution in [0.4, 0.5) is 11.8 Å². The molecule has 0 atom stereocenters. The molecule has 1 saturated heterocycles. The fourth-order valence-electron chi connectivity index (χ4n) is 4.97. The van der Waals surface area contributed by atoms with Crippen LogP contribution in [-0.4, -0.2) is 62.8 Å². The highest BCUT2D eigenvalue weighted by atomic mass is 16.2. The maximum atomic E-state index is 13.3. The molecule has 1 aliphatic carbocycles. The summed E-state index contributed by atoms with van der Waals surface area (Å²) in [4.78, 5) is 26.9. The molecule has 2 aliphatic rings. The van der Waals surface area contributed by atoms with Crippen LogP contribution in [0.3, 0.4) is 0 Å². The fraction of sp³-hybridized carbons (Fsp3) is 0.462. The molecule has 0 bridgehead atoms. The van der Waals surface area contributed by atoms with Crippen LogP contribution in [0.2, 0.25) is 0 Å². The Morgan fingerprint density at radius 1 is 0.971 bits per heavy atom. The molecule has 2 aromatic heterocycles. The zero-order valence-electron chi connectivity index (χ0n) is 20.1. The van der Waals surface area contributed by atoms with Crippen molar-refractivity contribution in [2.45, 2.75) is 52.0 Å². The van der Waals surface area contributed by atoms with Crippen molar-refractivity contribution < 1.29 is 4.79 Å². The van der Waals surface area contributed by atoms with Gasteiger partial charge in [0.25, 0.3) is 5.91 Å². The number of nitrogens with zero attached hydrogens (tertiary/aromatic N) is 6. The highest BCUT2D eigenvalue weighted by Crippen LogP contribution is 2.23. The number of hydrogen-bond donors (Lipinski definition) is 1. The topological polar surface area (TPSA) is 79.2 Å². The molecule has 0 radical (unpaired) electrons. The Bertz CT molecular complexity index is 1130. The second-order valence-electron chi connectivity index (χ2n) is 9.34. The number of benzene rings is 1. The van der Waals surface area contributed by atoms with Crippen molar-refractivity contribution in [2.75, 3.05) is 36.4 Å². The average Bonchev–Trinajstić information content (AvgIpc) is 3.25. The Morgan fingerprint density at radius 2 is 1.71 bits per heavy atom. The first-order valence-electron chi connectivity index (χ1n) is 12.3. The molecular weight excluding hydrogens is 426 g/mol. The lowest BCUT2D eigenvalue weighted by molar-refractivity contribution is 0.0745. The second kappa shape index (κ2) is 9.83. The van der Waals surface area contributed by atoms with E-state index in [-0.39, 0.29) is 5.91 Å². The zero-order chi connectivity index (χ0) is 23.5. The molecule has 1 aliphatic heterocycles. The van der Waals surface area contributed by atoms with E-state index in [1.807, 2.05) is 59.8 Å². The predicted octanol–water partition coefficient (Wildman–Crippen LogP) is 3.99. The number of piperazine rings is 1. The van der Waals surface area contributed by atoms with E-state index in [4.69, 9.17) is 4.98 Å². The number of carbonyl (C=O) groups is 1. The van der Waals surface area contributed by atoms with Crippen LogP contribution in [0.1, 0.15) is 53.8 Å². The lowest BCUT2D eigenvalue weighted by Crippen LogP contribution is -2.49. The molecule has 3 aromatic rings. The number of para-hydroxylation sites is 1. The van der Waals surface area contributed by atoms with Gasteiger partial charge in [0.1, 0.15) is 5.82 Å². The largest absolute Gasteiger partial charge is 0.353 e. The van der Waals surface area contributed by atoms with Crippen LogP contribution < -0.4 is 10.2 Å². The van der Waals surface area contributed by atoms with Crippen molar-refractivity contribution >= 4 is 17.7 Å². The van der Waals surface area contributed by atoms with E-state index < -0.39 is 0 Å². The van der Waals surface area contributed by atoms with Crippen LogP contribution in [0.15, 0.2) is 42.6 Å². The molecule has 3 heterocycles. The molecule has 1 amide bonds. The van der Waals surface area contributed by atoms with Crippen molar-refractivity contribution in [2.24, 2.45) is 0 Å². The zero-order valence-corrected chi connectivity index (χ0v) is 20.1. The van der Waals surface area contributed by atoms with Crippen molar-refractivity contribution in [3.05, 3.63) is 59.5 Å². The molecule has 34 heavy (non-hydrogen) atoms. The van der Waals surface area contributed by atoms with Gasteiger partial charge in [-0.15, -0.1) is 0 Å². The van der Waals surface area contributed by atoms with E-state index in [1.54, 1.807) is 6.20 Å². The van der Waals surface area contributed by atoms with Crippen LogP contribution in [0.5, 0.6) is 0 Å². The molecule has 1 saturated carbocycles. The van der Waals surface area contributed by atoms with E-state index in [0.29, 0.717) is 24.7 Å². The standard InChI is InChI=1S/C26H33N7O/c1-19-17-24(30-26(28-19)29-21-9-5-3-6-10-21)31-13-15-32(16-14-31)25(34)23-18-27-33(20(23)2)22-11-7-4-8-12-22/h4,7-8,11-12,17-18,21H,3,5-6,9-10,13-16H2,1-2H3,(H,28,29,30). The molecule has 8 heteroatoms. The molecule has 0 unspecified atom stereocenters. The number of rotatable bonds is 5. The minimum Gasteiger partial charge on any atom is -0.353 e. The molecule has 178 valence electrons. The summed E-state index contributed by atoms with van der Waals surface area (Å²) in [7, 11) is 0. The third-order valence-corrected chi connectivity index (χ3v) is 6.91. The quantitative estimate of drug-likeness (QED) is 0.622. The van der Waals surface area contributed by atoms with Gasteiger partial charge in [0.15, 0.2) is 0 Å². The maximum Gasteiger partial charge on any atom is 0.257 e. The average molecular weight is 460 g/mol. The summed E-state index contributed by atoms with van der Waals surface area (Å²) in [6, 6.07) is 12.4. The minimum atomic E-state index is 0.0397. The summed E-state index contributed by atoms with van der Waals surface area (Å²) in [6.07, 6.45) is 7.94. The predicted molar refractivity (Wildman–Crippen MR) is 134 cm³/mol. The summed E-state index contributed by atoms with van der Waals surface area (Å²) in [5, 5.41) is 8.02. The van der Waals surface area contributed by atoms with Gasteiger partial charge in [-0.05, 0) is 38.8 Å². The number of aromatic nitrogens is 4. The van der Waals surface area contributed by atoms with Crippen LogP contribution in [0, 0.1) is 13.8 Å². The monoisotopic (exact) mass is 459 g/mol.